The smallest absolute Gasteiger partial charge is 0.406 e. The van der Waals surface area contributed by atoms with Gasteiger partial charge in [0.1, 0.15) is 5.75 Å². The topological polar surface area (TPSA) is 66.9 Å². The van der Waals surface area contributed by atoms with Crippen molar-refractivity contribution in [1.29, 1.82) is 0 Å². The number of carbonyl (C=O) groups is 1. The molecule has 0 atom stereocenters. The van der Waals surface area contributed by atoms with Crippen molar-refractivity contribution in [2.24, 2.45) is 23.2 Å². The Labute approximate surface area is 185 Å². The molecular formula is C22H27F3N2O4S. The third-order valence-corrected chi connectivity index (χ3v) is 9.63. The molecule has 1 amide bonds. The first-order valence-electron chi connectivity index (χ1n) is 11.2. The van der Waals surface area contributed by atoms with E-state index in [9.17, 15) is 26.4 Å². The van der Waals surface area contributed by atoms with Crippen molar-refractivity contribution in [3.05, 3.63) is 24.3 Å². The molecule has 4 bridgehead atoms. The van der Waals surface area contributed by atoms with Crippen LogP contribution in [-0.2, 0) is 14.8 Å². The van der Waals surface area contributed by atoms with Gasteiger partial charge in [-0.25, -0.2) is 8.42 Å². The number of halogens is 3. The van der Waals surface area contributed by atoms with Crippen LogP contribution in [-0.4, -0.2) is 56.1 Å². The van der Waals surface area contributed by atoms with Crippen molar-refractivity contribution in [3.8, 4) is 5.75 Å². The minimum Gasteiger partial charge on any atom is -0.406 e. The number of ether oxygens (including phenoxy) is 1. The quantitative estimate of drug-likeness (QED) is 0.671. The molecule has 10 heteroatoms. The van der Waals surface area contributed by atoms with Gasteiger partial charge in [-0.1, -0.05) is 0 Å². The Morgan fingerprint density at radius 2 is 1.41 bits per heavy atom. The number of rotatable bonds is 4. The third kappa shape index (κ3) is 4.00. The Bertz CT molecular complexity index is 950. The molecule has 1 aromatic carbocycles. The molecule has 0 N–H and O–H groups in total. The molecule has 0 radical (unpaired) electrons. The van der Waals surface area contributed by atoms with E-state index >= 15 is 0 Å². The second kappa shape index (κ2) is 7.62. The zero-order valence-electron chi connectivity index (χ0n) is 17.7. The Morgan fingerprint density at radius 1 is 0.906 bits per heavy atom. The fourth-order valence-corrected chi connectivity index (χ4v) is 8.22. The van der Waals surface area contributed by atoms with E-state index in [1.807, 2.05) is 4.90 Å². The van der Waals surface area contributed by atoms with E-state index in [2.05, 4.69) is 4.74 Å². The number of hydrogen-bond donors (Lipinski definition) is 0. The third-order valence-electron chi connectivity index (χ3n) is 7.71. The highest BCUT2D eigenvalue weighted by Gasteiger charge is 2.55. The zero-order valence-corrected chi connectivity index (χ0v) is 18.5. The standard InChI is InChI=1S/C22H27F3N2O4S/c23-22(24,25)31-18-1-3-19(4-2-18)32(29,30)27-7-5-26(6-8-27)20(28)21-12-15-9-16(13-21)11-17(10-15)14-21/h1-4,15-17H,5-14H2. The monoisotopic (exact) mass is 472 g/mol. The summed E-state index contributed by atoms with van der Waals surface area (Å²) in [6.07, 6.45) is 1.86. The van der Waals surface area contributed by atoms with Gasteiger partial charge in [-0.2, -0.15) is 4.31 Å². The van der Waals surface area contributed by atoms with Crippen LogP contribution < -0.4 is 4.74 Å². The Hall–Kier alpha value is -1.81. The minimum absolute atomic E-state index is 0.0899. The van der Waals surface area contributed by atoms with Crippen LogP contribution in [0.4, 0.5) is 13.2 Å². The highest BCUT2D eigenvalue weighted by Crippen LogP contribution is 2.60. The van der Waals surface area contributed by atoms with Gasteiger partial charge in [-0.05, 0) is 80.5 Å². The molecule has 6 nitrogen and oxygen atoms in total. The van der Waals surface area contributed by atoms with Gasteiger partial charge >= 0.3 is 6.36 Å². The number of nitrogens with zero attached hydrogens (tertiary/aromatic N) is 2. The lowest BCUT2D eigenvalue weighted by Crippen LogP contribution is -2.58. The van der Waals surface area contributed by atoms with E-state index in [0.29, 0.717) is 30.8 Å². The van der Waals surface area contributed by atoms with Crippen LogP contribution >= 0.6 is 0 Å². The maximum atomic E-state index is 13.5. The molecule has 0 aromatic heterocycles. The number of alkyl halides is 3. The highest BCUT2D eigenvalue weighted by atomic mass is 32.2. The molecule has 5 aliphatic rings. The molecule has 5 fully saturated rings. The van der Waals surface area contributed by atoms with E-state index < -0.39 is 22.1 Å². The molecule has 4 aliphatic carbocycles. The fourth-order valence-electron chi connectivity index (χ4n) is 6.80. The maximum Gasteiger partial charge on any atom is 0.573 e. The second-order valence-corrected chi connectivity index (χ2v) is 11.9. The van der Waals surface area contributed by atoms with E-state index in [1.54, 1.807) is 0 Å². The van der Waals surface area contributed by atoms with Crippen molar-refractivity contribution in [1.82, 2.24) is 9.21 Å². The first kappa shape index (κ1) is 22.0. The van der Waals surface area contributed by atoms with Crippen molar-refractivity contribution >= 4 is 15.9 Å². The molecule has 0 spiro atoms. The molecule has 0 unspecified atom stereocenters. The van der Waals surface area contributed by atoms with Crippen LogP contribution in [0.25, 0.3) is 0 Å². The Morgan fingerprint density at radius 3 is 1.88 bits per heavy atom. The van der Waals surface area contributed by atoms with Gasteiger partial charge in [0, 0.05) is 26.2 Å². The summed E-state index contributed by atoms with van der Waals surface area (Å²) in [6.45, 7) is 1.05. The molecule has 1 aliphatic heterocycles. The van der Waals surface area contributed by atoms with E-state index in [1.165, 1.54) is 23.6 Å². The summed E-state index contributed by atoms with van der Waals surface area (Å²) >= 11 is 0. The van der Waals surface area contributed by atoms with Gasteiger partial charge in [0.25, 0.3) is 0 Å². The van der Waals surface area contributed by atoms with Gasteiger partial charge in [0.2, 0.25) is 15.9 Å². The first-order chi connectivity index (χ1) is 15.0. The number of sulfonamides is 1. The first-order valence-corrected chi connectivity index (χ1v) is 12.6. The van der Waals surface area contributed by atoms with Crippen LogP contribution in [0.15, 0.2) is 29.2 Å². The lowest BCUT2D eigenvalue weighted by atomic mass is 9.49. The van der Waals surface area contributed by atoms with Crippen LogP contribution in [0.2, 0.25) is 0 Å². The largest absolute Gasteiger partial charge is 0.573 e. The lowest BCUT2D eigenvalue weighted by molar-refractivity contribution is -0.274. The van der Waals surface area contributed by atoms with Crippen molar-refractivity contribution in [3.63, 3.8) is 0 Å². The van der Waals surface area contributed by atoms with Crippen molar-refractivity contribution in [2.45, 2.75) is 49.8 Å². The Balaban J connectivity index is 1.23. The minimum atomic E-state index is -4.83. The second-order valence-electron chi connectivity index (χ2n) is 9.91. The molecule has 176 valence electrons. The molecule has 1 saturated heterocycles. The van der Waals surface area contributed by atoms with Gasteiger partial charge in [0.05, 0.1) is 10.3 Å². The zero-order chi connectivity index (χ0) is 22.7. The average Bonchev–Trinajstić information content (AvgIpc) is 2.71. The predicted octanol–water partition coefficient (Wildman–Crippen LogP) is 3.63. The van der Waals surface area contributed by atoms with Crippen molar-refractivity contribution in [2.75, 3.05) is 26.2 Å². The van der Waals surface area contributed by atoms with Gasteiger partial charge in [-0.3, -0.25) is 4.79 Å². The summed E-state index contributed by atoms with van der Waals surface area (Å²) < 4.78 is 68.0. The number of benzene rings is 1. The number of amides is 1. The van der Waals surface area contributed by atoms with Crippen LogP contribution in [0, 0.1) is 23.2 Å². The van der Waals surface area contributed by atoms with E-state index in [-0.39, 0.29) is 29.3 Å². The molecule has 6 rings (SSSR count). The summed E-state index contributed by atoms with van der Waals surface area (Å²) in [5, 5.41) is 0. The fraction of sp³-hybridized carbons (Fsp3) is 0.682. The summed E-state index contributed by atoms with van der Waals surface area (Å²) in [5.41, 5.74) is -0.246. The maximum absolute atomic E-state index is 13.5. The van der Waals surface area contributed by atoms with E-state index in [4.69, 9.17) is 0 Å². The summed E-state index contributed by atoms with van der Waals surface area (Å²) in [4.78, 5) is 15.2. The molecule has 4 saturated carbocycles. The molecule has 32 heavy (non-hydrogen) atoms. The van der Waals surface area contributed by atoms with Crippen molar-refractivity contribution < 1.29 is 31.1 Å². The predicted molar refractivity (Wildman–Crippen MR) is 109 cm³/mol. The summed E-state index contributed by atoms with van der Waals surface area (Å²) in [6, 6.07) is 4.22. The number of hydrogen-bond acceptors (Lipinski definition) is 4. The normalized spacial score (nSPS) is 32.8. The Kier molecular flexibility index (Phi) is 5.24. The van der Waals surface area contributed by atoms with Crippen LogP contribution in [0.5, 0.6) is 5.75 Å². The van der Waals surface area contributed by atoms with Crippen LogP contribution in [0.1, 0.15) is 38.5 Å². The van der Waals surface area contributed by atoms with E-state index in [0.717, 1.165) is 43.5 Å². The summed E-state index contributed by atoms with van der Waals surface area (Å²) in [5.74, 6) is 1.72. The molecule has 1 heterocycles. The van der Waals surface area contributed by atoms with Gasteiger partial charge < -0.3 is 9.64 Å². The number of piperazine rings is 1. The van der Waals surface area contributed by atoms with Crippen LogP contribution in [0.3, 0.4) is 0 Å². The molecular weight excluding hydrogens is 445 g/mol. The SMILES string of the molecule is O=C(N1CCN(S(=O)(=O)c2ccc(OC(F)(F)F)cc2)CC1)C12CC3CC(CC(C3)C1)C2. The summed E-state index contributed by atoms with van der Waals surface area (Å²) in [7, 11) is -3.86. The van der Waals surface area contributed by atoms with Gasteiger partial charge in [0.15, 0.2) is 0 Å². The molecule has 1 aromatic rings. The number of carbonyl (C=O) groups excluding carboxylic acids is 1. The lowest BCUT2D eigenvalue weighted by Gasteiger charge is -2.57. The highest BCUT2D eigenvalue weighted by molar-refractivity contribution is 7.89. The average molecular weight is 473 g/mol. The van der Waals surface area contributed by atoms with Gasteiger partial charge in [-0.15, -0.1) is 13.2 Å².